The van der Waals surface area contributed by atoms with Gasteiger partial charge in [0, 0.05) is 27.2 Å². The fraction of sp³-hybridized carbons (Fsp3) is 0.846. The molecule has 0 bridgehead atoms. The molecule has 0 aromatic carbocycles. The Morgan fingerprint density at radius 3 is 2.79 bits per heavy atom. The minimum Gasteiger partial charge on any atom is -0.468 e. The summed E-state index contributed by atoms with van der Waals surface area (Å²) in [4.78, 5) is 18.1. The number of aliphatic imine (C=N–C) groups is 1. The van der Waals surface area contributed by atoms with Gasteiger partial charge in [0.05, 0.1) is 7.11 Å². The van der Waals surface area contributed by atoms with Gasteiger partial charge in [0.2, 0.25) is 0 Å². The number of rotatable bonds is 4. The number of ether oxygens (including phenoxy) is 1. The van der Waals surface area contributed by atoms with Gasteiger partial charge in [0.15, 0.2) is 5.96 Å². The maximum Gasteiger partial charge on any atom is 0.322 e. The highest BCUT2D eigenvalue weighted by atomic mass is 16.5. The first-order valence-corrected chi connectivity index (χ1v) is 6.80. The number of hydrogen-bond donors (Lipinski definition) is 2. The van der Waals surface area contributed by atoms with E-state index < -0.39 is 0 Å². The maximum atomic E-state index is 11.6. The zero-order chi connectivity index (χ0) is 14.3. The Balaban J connectivity index is 2.57. The molecule has 0 spiro atoms. The molecule has 1 unspecified atom stereocenters. The lowest BCUT2D eigenvalue weighted by molar-refractivity contribution is -0.143. The molecule has 1 saturated heterocycles. The normalized spacial score (nSPS) is 22.0. The van der Waals surface area contributed by atoms with Crippen LogP contribution in [0.2, 0.25) is 0 Å². The fourth-order valence-electron chi connectivity index (χ4n) is 2.67. The highest BCUT2D eigenvalue weighted by Gasteiger charge is 2.27. The topological polar surface area (TPSA) is 66.0 Å². The Morgan fingerprint density at radius 1 is 1.53 bits per heavy atom. The second-order valence-corrected chi connectivity index (χ2v) is 4.85. The van der Waals surface area contributed by atoms with Gasteiger partial charge in [-0.3, -0.25) is 9.79 Å². The highest BCUT2D eigenvalue weighted by molar-refractivity contribution is 5.79. The van der Waals surface area contributed by atoms with E-state index in [9.17, 15) is 4.79 Å². The molecule has 0 aliphatic carbocycles. The van der Waals surface area contributed by atoms with Crippen molar-refractivity contribution in [3.8, 4) is 0 Å². The molecular formula is C13H26N4O2. The molecule has 0 amide bonds. The summed E-state index contributed by atoms with van der Waals surface area (Å²) in [5.41, 5.74) is 0. The van der Waals surface area contributed by atoms with E-state index in [0.29, 0.717) is 5.92 Å². The number of esters is 1. The SMILES string of the molecule is CN=C(NC)N1CCCC(C[C@H](NC)C(=O)OC)C1. The second-order valence-electron chi connectivity index (χ2n) is 4.85. The number of hydrogen-bond acceptors (Lipinski definition) is 4. The van der Waals surface area contributed by atoms with Crippen molar-refractivity contribution in [1.29, 1.82) is 0 Å². The van der Waals surface area contributed by atoms with Crippen molar-refractivity contribution in [2.75, 3.05) is 41.3 Å². The van der Waals surface area contributed by atoms with Crippen molar-refractivity contribution >= 4 is 11.9 Å². The summed E-state index contributed by atoms with van der Waals surface area (Å²) in [5.74, 6) is 1.22. The molecule has 1 aliphatic heterocycles. The van der Waals surface area contributed by atoms with E-state index in [1.54, 1.807) is 14.1 Å². The Morgan fingerprint density at radius 2 is 2.26 bits per heavy atom. The number of methoxy groups -OCH3 is 1. The third kappa shape index (κ3) is 4.38. The van der Waals surface area contributed by atoms with E-state index in [0.717, 1.165) is 38.3 Å². The zero-order valence-electron chi connectivity index (χ0n) is 12.4. The molecule has 6 nitrogen and oxygen atoms in total. The summed E-state index contributed by atoms with van der Waals surface area (Å²) in [6.07, 6.45) is 3.08. The summed E-state index contributed by atoms with van der Waals surface area (Å²) >= 11 is 0. The lowest BCUT2D eigenvalue weighted by Gasteiger charge is -2.35. The largest absolute Gasteiger partial charge is 0.468 e. The minimum atomic E-state index is -0.216. The van der Waals surface area contributed by atoms with E-state index in [-0.39, 0.29) is 12.0 Å². The van der Waals surface area contributed by atoms with E-state index in [2.05, 4.69) is 20.5 Å². The second kappa shape index (κ2) is 7.99. The Kier molecular flexibility index (Phi) is 6.62. The third-order valence-corrected chi connectivity index (χ3v) is 3.66. The number of carbonyl (C=O) groups excluding carboxylic acids is 1. The summed E-state index contributed by atoms with van der Waals surface area (Å²) in [5, 5.41) is 6.15. The maximum absolute atomic E-state index is 11.6. The van der Waals surface area contributed by atoms with Crippen LogP contribution in [0.15, 0.2) is 4.99 Å². The third-order valence-electron chi connectivity index (χ3n) is 3.66. The molecule has 2 N–H and O–H groups in total. The van der Waals surface area contributed by atoms with Crippen LogP contribution in [-0.2, 0) is 9.53 Å². The van der Waals surface area contributed by atoms with Crippen LogP contribution in [0.25, 0.3) is 0 Å². The molecule has 1 aliphatic rings. The van der Waals surface area contributed by atoms with Gasteiger partial charge in [-0.15, -0.1) is 0 Å². The first-order valence-electron chi connectivity index (χ1n) is 6.80. The van der Waals surface area contributed by atoms with Crippen LogP contribution < -0.4 is 10.6 Å². The number of likely N-dealkylation sites (tertiary alicyclic amines) is 1. The van der Waals surface area contributed by atoms with Gasteiger partial charge >= 0.3 is 5.97 Å². The lowest BCUT2D eigenvalue weighted by Crippen LogP contribution is -2.47. The van der Waals surface area contributed by atoms with Crippen molar-refractivity contribution < 1.29 is 9.53 Å². The van der Waals surface area contributed by atoms with Gasteiger partial charge < -0.3 is 20.3 Å². The van der Waals surface area contributed by atoms with E-state index in [1.807, 2.05) is 7.05 Å². The van der Waals surface area contributed by atoms with Gasteiger partial charge in [-0.1, -0.05) is 0 Å². The van der Waals surface area contributed by atoms with Crippen LogP contribution in [0.3, 0.4) is 0 Å². The van der Waals surface area contributed by atoms with Crippen molar-refractivity contribution in [2.24, 2.45) is 10.9 Å². The van der Waals surface area contributed by atoms with Gasteiger partial charge in [0.25, 0.3) is 0 Å². The van der Waals surface area contributed by atoms with Gasteiger partial charge in [0.1, 0.15) is 6.04 Å². The number of likely N-dealkylation sites (N-methyl/N-ethyl adjacent to an activating group) is 1. The summed E-state index contributed by atoms with van der Waals surface area (Å²) < 4.78 is 4.81. The van der Waals surface area contributed by atoms with E-state index in [1.165, 1.54) is 7.11 Å². The van der Waals surface area contributed by atoms with Crippen molar-refractivity contribution in [3.63, 3.8) is 0 Å². The molecule has 0 saturated carbocycles. The van der Waals surface area contributed by atoms with Crippen LogP contribution in [0.1, 0.15) is 19.3 Å². The number of carbonyl (C=O) groups is 1. The lowest BCUT2D eigenvalue weighted by atomic mass is 9.91. The number of nitrogens with one attached hydrogen (secondary N) is 2. The quantitative estimate of drug-likeness (QED) is 0.429. The monoisotopic (exact) mass is 270 g/mol. The fourth-order valence-corrected chi connectivity index (χ4v) is 2.67. The molecular weight excluding hydrogens is 244 g/mol. The van der Waals surface area contributed by atoms with E-state index in [4.69, 9.17) is 4.74 Å². The molecule has 1 rings (SSSR count). The Labute approximate surface area is 115 Å². The highest BCUT2D eigenvalue weighted by Crippen LogP contribution is 2.21. The number of piperidine rings is 1. The van der Waals surface area contributed by atoms with Crippen LogP contribution in [0, 0.1) is 5.92 Å². The number of nitrogens with zero attached hydrogens (tertiary/aromatic N) is 2. The average molecular weight is 270 g/mol. The van der Waals surface area contributed by atoms with Crippen molar-refractivity contribution in [3.05, 3.63) is 0 Å². The molecule has 110 valence electrons. The molecule has 0 radical (unpaired) electrons. The molecule has 6 heteroatoms. The zero-order valence-corrected chi connectivity index (χ0v) is 12.4. The van der Waals surface area contributed by atoms with Crippen LogP contribution >= 0.6 is 0 Å². The smallest absolute Gasteiger partial charge is 0.322 e. The first-order chi connectivity index (χ1) is 9.15. The summed E-state index contributed by atoms with van der Waals surface area (Å²) in [6, 6.07) is -0.216. The predicted molar refractivity (Wildman–Crippen MR) is 76.2 cm³/mol. The molecule has 0 aromatic rings. The molecule has 1 heterocycles. The first kappa shape index (κ1) is 15.8. The predicted octanol–water partition coefficient (Wildman–Crippen LogP) is 0.0547. The van der Waals surface area contributed by atoms with Crippen LogP contribution in [0.5, 0.6) is 0 Å². The minimum absolute atomic E-state index is 0.183. The summed E-state index contributed by atoms with van der Waals surface area (Å²) in [7, 11) is 6.91. The molecule has 19 heavy (non-hydrogen) atoms. The molecule has 1 fully saturated rings. The average Bonchev–Trinajstić information content (AvgIpc) is 2.45. The van der Waals surface area contributed by atoms with Gasteiger partial charge in [-0.2, -0.15) is 0 Å². The van der Waals surface area contributed by atoms with Crippen LogP contribution in [0.4, 0.5) is 0 Å². The van der Waals surface area contributed by atoms with Crippen LogP contribution in [-0.4, -0.2) is 64.2 Å². The van der Waals surface area contributed by atoms with Gasteiger partial charge in [-0.05, 0) is 32.2 Å². The van der Waals surface area contributed by atoms with Gasteiger partial charge in [-0.25, -0.2) is 0 Å². The Bertz CT molecular complexity index is 320. The molecule has 2 atom stereocenters. The van der Waals surface area contributed by atoms with Crippen molar-refractivity contribution in [1.82, 2.24) is 15.5 Å². The number of guanidine groups is 1. The van der Waals surface area contributed by atoms with Crippen molar-refractivity contribution in [2.45, 2.75) is 25.3 Å². The Hall–Kier alpha value is -1.30. The summed E-state index contributed by atoms with van der Waals surface area (Å²) in [6.45, 7) is 1.95. The standard InChI is InChI=1S/C13H26N4O2/c1-14-11(12(18)19-4)8-10-6-5-7-17(9-10)13(15-2)16-3/h10-11,14H,5-9H2,1-4H3,(H,15,16)/t10?,11-/m0/s1. The van der Waals surface area contributed by atoms with E-state index >= 15 is 0 Å². The molecule has 0 aromatic heterocycles.